The number of carboxylic acid groups (broad SMARTS) is 1. The number of amides is 1. The fourth-order valence-electron chi connectivity index (χ4n) is 3.33. The molecule has 1 saturated carbocycles. The molecule has 0 radical (unpaired) electrons. The van der Waals surface area contributed by atoms with Crippen molar-refractivity contribution in [2.45, 2.75) is 13.3 Å². The minimum absolute atomic E-state index is 0.0210. The molecular formula is C15H15BrN2O3. The van der Waals surface area contributed by atoms with Gasteiger partial charge in [0.1, 0.15) is 5.82 Å². The highest BCUT2D eigenvalue weighted by Crippen LogP contribution is 2.48. The van der Waals surface area contributed by atoms with Crippen LogP contribution in [-0.4, -0.2) is 22.0 Å². The maximum Gasteiger partial charge on any atom is 0.307 e. The van der Waals surface area contributed by atoms with E-state index in [1.165, 1.54) is 0 Å². The zero-order chi connectivity index (χ0) is 15.1. The number of nitrogens with zero attached hydrogens (tertiary/aromatic N) is 1. The topological polar surface area (TPSA) is 79.3 Å². The Balaban J connectivity index is 1.80. The number of pyridine rings is 1. The molecule has 1 aromatic heterocycles. The lowest BCUT2D eigenvalue weighted by molar-refractivity contribution is -0.146. The van der Waals surface area contributed by atoms with E-state index < -0.39 is 17.8 Å². The van der Waals surface area contributed by atoms with Crippen LogP contribution in [0.1, 0.15) is 12.0 Å². The molecule has 0 aromatic carbocycles. The second-order valence-electron chi connectivity index (χ2n) is 5.65. The lowest BCUT2D eigenvalue weighted by Gasteiger charge is -2.23. The summed E-state index contributed by atoms with van der Waals surface area (Å²) in [5.41, 5.74) is 0.961. The van der Waals surface area contributed by atoms with Crippen LogP contribution in [-0.2, 0) is 9.59 Å². The van der Waals surface area contributed by atoms with Crippen molar-refractivity contribution < 1.29 is 14.7 Å². The summed E-state index contributed by atoms with van der Waals surface area (Å²) in [6.45, 7) is 1.90. The average molecular weight is 351 g/mol. The third-order valence-corrected chi connectivity index (χ3v) is 5.18. The van der Waals surface area contributed by atoms with Crippen molar-refractivity contribution in [3.05, 3.63) is 34.5 Å². The van der Waals surface area contributed by atoms with Crippen LogP contribution in [0.2, 0.25) is 0 Å². The summed E-state index contributed by atoms with van der Waals surface area (Å²) in [5.74, 6) is -1.84. The lowest BCUT2D eigenvalue weighted by atomic mass is 9.82. The summed E-state index contributed by atoms with van der Waals surface area (Å²) < 4.78 is 0.867. The normalized spacial score (nSPS) is 29.6. The molecular weight excluding hydrogens is 336 g/mol. The number of carbonyl (C=O) groups excluding carboxylic acids is 1. The Labute approximate surface area is 130 Å². The predicted molar refractivity (Wildman–Crippen MR) is 80.7 cm³/mol. The lowest BCUT2D eigenvalue weighted by Crippen LogP contribution is -2.36. The van der Waals surface area contributed by atoms with Crippen LogP contribution in [0.3, 0.4) is 0 Å². The Hall–Kier alpha value is -1.69. The van der Waals surface area contributed by atoms with E-state index in [1.54, 1.807) is 12.3 Å². The summed E-state index contributed by atoms with van der Waals surface area (Å²) in [7, 11) is 0. The first-order valence-corrected chi connectivity index (χ1v) is 7.61. The van der Waals surface area contributed by atoms with E-state index >= 15 is 0 Å². The minimum atomic E-state index is -0.896. The van der Waals surface area contributed by atoms with Gasteiger partial charge in [-0.3, -0.25) is 9.59 Å². The third kappa shape index (κ3) is 2.48. The zero-order valence-electron chi connectivity index (χ0n) is 11.4. The Kier molecular flexibility index (Phi) is 3.57. The first kappa shape index (κ1) is 14.3. The molecule has 110 valence electrons. The molecule has 3 rings (SSSR count). The molecule has 21 heavy (non-hydrogen) atoms. The van der Waals surface area contributed by atoms with Crippen LogP contribution in [0.4, 0.5) is 5.82 Å². The third-order valence-electron chi connectivity index (χ3n) is 4.35. The summed E-state index contributed by atoms with van der Waals surface area (Å²) in [4.78, 5) is 28.0. The number of nitrogens with one attached hydrogen (secondary N) is 1. The van der Waals surface area contributed by atoms with E-state index in [-0.39, 0.29) is 17.7 Å². The van der Waals surface area contributed by atoms with E-state index in [0.29, 0.717) is 5.82 Å². The second-order valence-corrected chi connectivity index (χ2v) is 6.50. The SMILES string of the molecule is Cc1cc(NC(=O)[C@H]2C3C=CC(C3)[C@H]2C(=O)O)ncc1Br. The van der Waals surface area contributed by atoms with Crippen LogP contribution < -0.4 is 5.32 Å². The molecule has 2 aliphatic carbocycles. The predicted octanol–water partition coefficient (Wildman–Crippen LogP) is 2.61. The Morgan fingerprint density at radius 3 is 2.62 bits per heavy atom. The molecule has 2 bridgehead atoms. The molecule has 2 N–H and O–H groups in total. The number of aliphatic carboxylic acids is 1. The Morgan fingerprint density at radius 1 is 1.33 bits per heavy atom. The molecule has 0 aliphatic heterocycles. The number of halogens is 1. The molecule has 2 aliphatic rings. The van der Waals surface area contributed by atoms with Gasteiger partial charge in [-0.2, -0.15) is 0 Å². The van der Waals surface area contributed by atoms with E-state index in [1.807, 2.05) is 19.1 Å². The van der Waals surface area contributed by atoms with Crippen molar-refractivity contribution in [2.75, 3.05) is 5.32 Å². The van der Waals surface area contributed by atoms with Crippen LogP contribution in [0.15, 0.2) is 28.9 Å². The van der Waals surface area contributed by atoms with Gasteiger partial charge in [-0.15, -0.1) is 0 Å². The minimum Gasteiger partial charge on any atom is -0.481 e. The standard InChI is InChI=1S/C15H15BrN2O3/c1-7-4-11(17-6-10(7)16)18-14(19)12-8-2-3-9(5-8)13(12)15(20)21/h2-4,6,8-9,12-13H,5H2,1H3,(H,20,21)(H,17,18,19)/t8?,9?,12-,13+/m0/s1. The zero-order valence-corrected chi connectivity index (χ0v) is 13.0. The molecule has 2 unspecified atom stereocenters. The molecule has 1 aromatic rings. The molecule has 1 heterocycles. The number of carboxylic acids is 1. The first-order chi connectivity index (χ1) is 9.97. The van der Waals surface area contributed by atoms with Gasteiger partial charge in [-0.25, -0.2) is 4.98 Å². The fraction of sp³-hybridized carbons (Fsp3) is 0.400. The number of carbonyl (C=O) groups is 2. The van der Waals surface area contributed by atoms with Crippen LogP contribution in [0.5, 0.6) is 0 Å². The summed E-state index contributed by atoms with van der Waals surface area (Å²) >= 11 is 3.35. The highest BCUT2D eigenvalue weighted by Gasteiger charge is 2.51. The summed E-state index contributed by atoms with van der Waals surface area (Å²) in [6, 6.07) is 1.76. The molecule has 1 fully saturated rings. The van der Waals surface area contributed by atoms with Gasteiger partial charge in [-0.1, -0.05) is 12.2 Å². The van der Waals surface area contributed by atoms with E-state index in [9.17, 15) is 14.7 Å². The van der Waals surface area contributed by atoms with Crippen molar-refractivity contribution in [3.63, 3.8) is 0 Å². The van der Waals surface area contributed by atoms with E-state index in [4.69, 9.17) is 0 Å². The van der Waals surface area contributed by atoms with Gasteiger partial charge in [0.25, 0.3) is 0 Å². The Bertz CT molecular complexity index is 644. The van der Waals surface area contributed by atoms with E-state index in [0.717, 1.165) is 16.5 Å². The van der Waals surface area contributed by atoms with Gasteiger partial charge in [-0.05, 0) is 52.7 Å². The molecule has 4 atom stereocenters. The first-order valence-electron chi connectivity index (χ1n) is 6.81. The van der Waals surface area contributed by atoms with Crippen LogP contribution >= 0.6 is 15.9 Å². The van der Waals surface area contributed by atoms with Crippen molar-refractivity contribution >= 4 is 33.6 Å². The number of allylic oxidation sites excluding steroid dienone is 2. The molecule has 1 amide bonds. The van der Waals surface area contributed by atoms with Gasteiger partial charge in [0.15, 0.2) is 0 Å². The van der Waals surface area contributed by atoms with Gasteiger partial charge in [0.05, 0.1) is 11.8 Å². The van der Waals surface area contributed by atoms with Gasteiger partial charge >= 0.3 is 5.97 Å². The summed E-state index contributed by atoms with van der Waals surface area (Å²) in [6.07, 6.45) is 6.27. The van der Waals surface area contributed by atoms with Crippen LogP contribution in [0.25, 0.3) is 0 Å². The fourth-order valence-corrected chi connectivity index (χ4v) is 3.55. The largest absolute Gasteiger partial charge is 0.481 e. The van der Waals surface area contributed by atoms with Crippen molar-refractivity contribution in [1.29, 1.82) is 0 Å². The summed E-state index contributed by atoms with van der Waals surface area (Å²) in [5, 5.41) is 12.1. The highest BCUT2D eigenvalue weighted by molar-refractivity contribution is 9.10. The van der Waals surface area contributed by atoms with Gasteiger partial charge in [0, 0.05) is 10.7 Å². The maximum absolute atomic E-state index is 12.5. The number of hydrogen-bond donors (Lipinski definition) is 2. The van der Waals surface area contributed by atoms with Gasteiger partial charge < -0.3 is 10.4 Å². The number of hydrogen-bond acceptors (Lipinski definition) is 3. The molecule has 6 heteroatoms. The number of anilines is 1. The highest BCUT2D eigenvalue weighted by atomic mass is 79.9. The second kappa shape index (κ2) is 5.26. The maximum atomic E-state index is 12.5. The number of rotatable bonds is 3. The van der Waals surface area contributed by atoms with Crippen molar-refractivity contribution in [3.8, 4) is 0 Å². The molecule has 0 saturated heterocycles. The monoisotopic (exact) mass is 350 g/mol. The Morgan fingerprint density at radius 2 is 2.00 bits per heavy atom. The average Bonchev–Trinajstić information content (AvgIpc) is 3.03. The van der Waals surface area contributed by atoms with Crippen molar-refractivity contribution in [1.82, 2.24) is 4.98 Å². The quantitative estimate of drug-likeness (QED) is 0.821. The van der Waals surface area contributed by atoms with Crippen molar-refractivity contribution in [2.24, 2.45) is 23.7 Å². The number of fused-ring (bicyclic) bond motifs is 2. The van der Waals surface area contributed by atoms with E-state index in [2.05, 4.69) is 26.2 Å². The number of aromatic nitrogens is 1. The molecule has 5 nitrogen and oxygen atoms in total. The van der Waals surface area contributed by atoms with Gasteiger partial charge in [0.2, 0.25) is 5.91 Å². The number of aryl methyl sites for hydroxylation is 1. The smallest absolute Gasteiger partial charge is 0.307 e. The molecule has 0 spiro atoms. The van der Waals surface area contributed by atoms with Crippen LogP contribution in [0, 0.1) is 30.6 Å².